The predicted molar refractivity (Wildman–Crippen MR) is 113 cm³/mol. The van der Waals surface area contributed by atoms with Gasteiger partial charge in [-0.05, 0) is 78.4 Å². The molecule has 6 heteroatoms. The van der Waals surface area contributed by atoms with E-state index in [-0.39, 0.29) is 11.9 Å². The highest BCUT2D eigenvalue weighted by Crippen LogP contribution is 2.09. The topological polar surface area (TPSA) is 69.7 Å². The van der Waals surface area contributed by atoms with Gasteiger partial charge in [-0.1, -0.05) is 24.3 Å². The van der Waals surface area contributed by atoms with Crippen LogP contribution < -0.4 is 0 Å². The van der Waals surface area contributed by atoms with Crippen LogP contribution in [0, 0.1) is 3.57 Å². The number of halogens is 1. The summed E-state index contributed by atoms with van der Waals surface area (Å²) in [5.74, 6) is -0.602. The van der Waals surface area contributed by atoms with Crippen molar-refractivity contribution in [3.63, 3.8) is 0 Å². The molecule has 5 nitrogen and oxygen atoms in total. The number of rotatable bonds is 6. The minimum Gasteiger partial charge on any atom is -0.462 e. The van der Waals surface area contributed by atoms with Crippen LogP contribution in [0.3, 0.4) is 0 Å². The summed E-state index contributed by atoms with van der Waals surface area (Å²) in [4.78, 5) is 32.6. The molecular weight excluding hydrogens is 459 g/mol. The molecule has 2 aromatic rings. The lowest BCUT2D eigenvalue weighted by Gasteiger charge is -2.01. The van der Waals surface area contributed by atoms with Crippen LogP contribution in [0.25, 0.3) is 6.08 Å². The molecule has 0 bridgehead atoms. The minimum absolute atomic E-state index is 0.254. The van der Waals surface area contributed by atoms with Crippen LogP contribution in [0.15, 0.2) is 54.6 Å². The Morgan fingerprint density at radius 1 is 0.926 bits per heavy atom. The minimum atomic E-state index is -0.348. The van der Waals surface area contributed by atoms with Crippen molar-refractivity contribution in [1.82, 2.24) is 0 Å². The number of aldehydes is 1. The number of hydrogen-bond acceptors (Lipinski definition) is 5. The largest absolute Gasteiger partial charge is 0.462 e. The van der Waals surface area contributed by atoms with E-state index in [1.165, 1.54) is 6.08 Å². The van der Waals surface area contributed by atoms with Gasteiger partial charge in [0, 0.05) is 3.57 Å². The standard InChI is InChI=1S/C12H12O3.C9H9IO2/c1-2-15-12(14)11-7-3-5-10(9-11)6-4-8-13;1-2-12-9(11)7-4-3-5-8(10)6-7/h3-9H,2H2,1H3;3-6H,2H2,1H3/b6-4+;. The molecule has 0 fully saturated rings. The lowest BCUT2D eigenvalue weighted by molar-refractivity contribution is -0.104. The molecule has 0 amide bonds. The second kappa shape index (κ2) is 12.8. The Labute approximate surface area is 172 Å². The fourth-order valence-electron chi connectivity index (χ4n) is 1.96. The van der Waals surface area contributed by atoms with Crippen LogP contribution in [-0.4, -0.2) is 31.4 Å². The van der Waals surface area contributed by atoms with Gasteiger partial charge in [0.2, 0.25) is 0 Å². The molecule has 0 heterocycles. The summed E-state index contributed by atoms with van der Waals surface area (Å²) < 4.78 is 10.7. The fourth-order valence-corrected chi connectivity index (χ4v) is 2.51. The number of benzene rings is 2. The summed E-state index contributed by atoms with van der Waals surface area (Å²) in [6, 6.07) is 14.2. The summed E-state index contributed by atoms with van der Waals surface area (Å²) in [6.07, 6.45) is 3.71. The molecule has 27 heavy (non-hydrogen) atoms. The Bertz CT molecular complexity index is 799. The number of carbonyl (C=O) groups excluding carboxylic acids is 3. The van der Waals surface area contributed by atoms with E-state index in [4.69, 9.17) is 9.47 Å². The molecule has 0 saturated carbocycles. The number of allylic oxidation sites excluding steroid dienone is 1. The molecule has 0 spiro atoms. The van der Waals surface area contributed by atoms with E-state index in [0.29, 0.717) is 30.6 Å². The van der Waals surface area contributed by atoms with E-state index in [1.54, 1.807) is 50.3 Å². The number of ether oxygens (including phenoxy) is 2. The first kappa shape index (κ1) is 22.6. The van der Waals surface area contributed by atoms with Crippen LogP contribution in [0.4, 0.5) is 0 Å². The first-order valence-electron chi connectivity index (χ1n) is 8.33. The van der Waals surface area contributed by atoms with Gasteiger partial charge in [-0.2, -0.15) is 0 Å². The average Bonchev–Trinajstić information content (AvgIpc) is 2.67. The lowest BCUT2D eigenvalue weighted by atomic mass is 10.1. The van der Waals surface area contributed by atoms with Gasteiger partial charge in [-0.3, -0.25) is 4.79 Å². The van der Waals surface area contributed by atoms with Crippen LogP contribution in [-0.2, 0) is 14.3 Å². The lowest BCUT2D eigenvalue weighted by Crippen LogP contribution is -2.04. The van der Waals surface area contributed by atoms with Gasteiger partial charge in [0.15, 0.2) is 0 Å². The monoisotopic (exact) mass is 480 g/mol. The maximum Gasteiger partial charge on any atom is 0.338 e. The van der Waals surface area contributed by atoms with Crippen molar-refractivity contribution in [1.29, 1.82) is 0 Å². The molecule has 0 saturated heterocycles. The molecule has 0 unspecified atom stereocenters. The first-order chi connectivity index (χ1) is 13.0. The number of esters is 2. The van der Waals surface area contributed by atoms with Crippen molar-refractivity contribution in [2.24, 2.45) is 0 Å². The van der Waals surface area contributed by atoms with E-state index in [9.17, 15) is 14.4 Å². The quantitative estimate of drug-likeness (QED) is 0.263. The van der Waals surface area contributed by atoms with E-state index in [1.807, 2.05) is 18.2 Å². The summed E-state index contributed by atoms with van der Waals surface area (Å²) in [5.41, 5.74) is 1.90. The van der Waals surface area contributed by atoms with E-state index in [2.05, 4.69) is 22.6 Å². The van der Waals surface area contributed by atoms with Crippen LogP contribution in [0.2, 0.25) is 0 Å². The average molecular weight is 480 g/mol. The Morgan fingerprint density at radius 2 is 1.48 bits per heavy atom. The van der Waals surface area contributed by atoms with Gasteiger partial charge < -0.3 is 9.47 Å². The third kappa shape index (κ3) is 8.63. The number of carbonyl (C=O) groups is 3. The second-order valence-electron chi connectivity index (χ2n) is 5.07. The molecular formula is C21H21IO5. The third-order valence-electron chi connectivity index (χ3n) is 3.10. The highest BCUT2D eigenvalue weighted by Gasteiger charge is 2.05. The summed E-state index contributed by atoms with van der Waals surface area (Å²) in [7, 11) is 0. The maximum atomic E-state index is 11.4. The van der Waals surface area contributed by atoms with Gasteiger partial charge in [0.05, 0.1) is 24.3 Å². The second-order valence-corrected chi connectivity index (χ2v) is 6.32. The van der Waals surface area contributed by atoms with Crippen molar-refractivity contribution >= 4 is 46.9 Å². The fraction of sp³-hybridized carbons (Fsp3) is 0.190. The molecule has 0 aliphatic heterocycles. The van der Waals surface area contributed by atoms with Crippen LogP contribution in [0.5, 0.6) is 0 Å². The van der Waals surface area contributed by atoms with Gasteiger partial charge >= 0.3 is 11.9 Å². The predicted octanol–water partition coefficient (Wildman–Crippen LogP) is 4.54. The molecule has 0 aliphatic rings. The van der Waals surface area contributed by atoms with Gasteiger partial charge in [-0.15, -0.1) is 0 Å². The maximum absolute atomic E-state index is 11.4. The van der Waals surface area contributed by atoms with Gasteiger partial charge in [0.1, 0.15) is 6.29 Å². The summed E-state index contributed by atoms with van der Waals surface area (Å²) in [6.45, 7) is 4.33. The zero-order valence-electron chi connectivity index (χ0n) is 15.2. The summed E-state index contributed by atoms with van der Waals surface area (Å²) in [5, 5.41) is 0. The van der Waals surface area contributed by atoms with Gasteiger partial charge in [0.25, 0.3) is 0 Å². The van der Waals surface area contributed by atoms with Crippen molar-refractivity contribution in [2.45, 2.75) is 13.8 Å². The molecule has 0 atom stereocenters. The SMILES string of the molecule is CCOC(=O)c1cccc(/C=C/C=O)c1.CCOC(=O)c1cccc(I)c1. The van der Waals surface area contributed by atoms with Crippen LogP contribution >= 0.6 is 22.6 Å². The Morgan fingerprint density at radius 3 is 2.00 bits per heavy atom. The molecule has 0 N–H and O–H groups in total. The third-order valence-corrected chi connectivity index (χ3v) is 3.77. The highest BCUT2D eigenvalue weighted by atomic mass is 127. The zero-order chi connectivity index (χ0) is 20.1. The molecule has 142 valence electrons. The molecule has 2 aromatic carbocycles. The van der Waals surface area contributed by atoms with Gasteiger partial charge in [-0.25, -0.2) is 9.59 Å². The first-order valence-corrected chi connectivity index (χ1v) is 9.41. The van der Waals surface area contributed by atoms with E-state index < -0.39 is 0 Å². The smallest absolute Gasteiger partial charge is 0.338 e. The highest BCUT2D eigenvalue weighted by molar-refractivity contribution is 14.1. The van der Waals surface area contributed by atoms with Crippen molar-refractivity contribution in [3.8, 4) is 0 Å². The molecule has 0 aliphatic carbocycles. The molecule has 2 rings (SSSR count). The Balaban J connectivity index is 0.000000277. The van der Waals surface area contributed by atoms with E-state index >= 15 is 0 Å². The van der Waals surface area contributed by atoms with Crippen molar-refractivity contribution in [2.75, 3.05) is 13.2 Å². The Hall–Kier alpha value is -2.48. The summed E-state index contributed by atoms with van der Waals surface area (Å²) >= 11 is 2.16. The Kier molecular flexibility index (Phi) is 10.7. The number of hydrogen-bond donors (Lipinski definition) is 0. The normalized spacial score (nSPS) is 9.89. The van der Waals surface area contributed by atoms with Crippen molar-refractivity contribution < 1.29 is 23.9 Å². The zero-order valence-corrected chi connectivity index (χ0v) is 17.3. The van der Waals surface area contributed by atoms with Crippen LogP contribution in [0.1, 0.15) is 40.1 Å². The molecule has 0 aromatic heterocycles. The van der Waals surface area contributed by atoms with Crippen molar-refractivity contribution in [3.05, 3.63) is 74.9 Å². The van der Waals surface area contributed by atoms with E-state index in [0.717, 1.165) is 9.13 Å². The molecule has 0 radical (unpaired) electrons.